The molecule has 0 bridgehead atoms. The second-order valence-corrected chi connectivity index (χ2v) is 4.74. The average Bonchev–Trinajstić information content (AvgIpc) is 2.16. The van der Waals surface area contributed by atoms with Crippen LogP contribution in [0.4, 0.5) is 0 Å². The van der Waals surface area contributed by atoms with Crippen LogP contribution >= 0.6 is 15.9 Å². The first-order chi connectivity index (χ1) is 6.72. The third kappa shape index (κ3) is 4.10. The Kier molecular flexibility index (Phi) is 4.95. The molecule has 0 saturated heterocycles. The van der Waals surface area contributed by atoms with E-state index in [2.05, 4.69) is 53.7 Å². The lowest BCUT2D eigenvalue weighted by molar-refractivity contribution is 0.795. The van der Waals surface area contributed by atoms with Gasteiger partial charge in [0.1, 0.15) is 0 Å². The Hall–Kier alpha value is -0.560. The number of hydrogen-bond donors (Lipinski definition) is 0. The van der Waals surface area contributed by atoms with E-state index in [4.69, 9.17) is 0 Å². The summed E-state index contributed by atoms with van der Waals surface area (Å²) >= 11 is 3.38. The maximum absolute atomic E-state index is 3.84. The molecule has 0 aromatic heterocycles. The Labute approximate surface area is 95.2 Å². The summed E-state index contributed by atoms with van der Waals surface area (Å²) in [5.74, 6) is 0. The average molecular weight is 253 g/mol. The zero-order valence-electron chi connectivity index (χ0n) is 8.72. The molecular formula is C13H17Br. The number of hydrogen-bond acceptors (Lipinski definition) is 0. The van der Waals surface area contributed by atoms with E-state index >= 15 is 0 Å². The predicted octanol–water partition coefficient (Wildman–Crippen LogP) is 4.48. The van der Waals surface area contributed by atoms with Crippen LogP contribution in [0.15, 0.2) is 35.3 Å². The van der Waals surface area contributed by atoms with Crippen molar-refractivity contribution < 1.29 is 0 Å². The topological polar surface area (TPSA) is 0 Å². The first-order valence-electron chi connectivity index (χ1n) is 5.13. The maximum Gasteiger partial charge on any atom is 0.00347 e. The lowest BCUT2D eigenvalue weighted by atomic mass is 10.1. The molecule has 0 spiro atoms. The van der Waals surface area contributed by atoms with Gasteiger partial charge >= 0.3 is 0 Å². The first-order valence-corrected chi connectivity index (χ1v) is 5.92. The molecule has 1 aromatic rings. The van der Waals surface area contributed by atoms with E-state index in [1.165, 1.54) is 30.4 Å². The van der Waals surface area contributed by atoms with E-state index in [1.807, 2.05) is 0 Å². The lowest BCUT2D eigenvalue weighted by Crippen LogP contribution is -1.87. The number of unbranched alkanes of at least 4 members (excludes halogenated alkanes) is 1. The van der Waals surface area contributed by atoms with Crippen molar-refractivity contribution in [1.29, 1.82) is 0 Å². The normalized spacial score (nSPS) is 10.1. The summed E-state index contributed by atoms with van der Waals surface area (Å²) < 4.78 is 1.04. The van der Waals surface area contributed by atoms with E-state index in [-0.39, 0.29) is 0 Å². The number of allylic oxidation sites excluding steroid dienone is 1. The van der Waals surface area contributed by atoms with Gasteiger partial charge < -0.3 is 0 Å². The molecule has 1 heteroatoms. The number of halogens is 1. The molecule has 1 rings (SSSR count). The molecule has 0 amide bonds. The fourth-order valence-corrected chi connectivity index (χ4v) is 1.75. The molecule has 76 valence electrons. The van der Waals surface area contributed by atoms with Crippen molar-refractivity contribution in [3.05, 3.63) is 46.5 Å². The molecule has 0 aliphatic heterocycles. The Morgan fingerprint density at radius 1 is 1.21 bits per heavy atom. The molecule has 0 atom stereocenters. The third-order valence-electron chi connectivity index (χ3n) is 2.24. The highest BCUT2D eigenvalue weighted by Gasteiger charge is 1.95. The number of aryl methyl sites for hydroxylation is 1. The molecule has 0 aliphatic carbocycles. The molecule has 1 aromatic carbocycles. The fraction of sp³-hybridized carbons (Fsp3) is 0.385. The van der Waals surface area contributed by atoms with Gasteiger partial charge in [-0.2, -0.15) is 0 Å². The molecular weight excluding hydrogens is 236 g/mol. The van der Waals surface area contributed by atoms with Gasteiger partial charge in [0.25, 0.3) is 0 Å². The van der Waals surface area contributed by atoms with E-state index in [1.54, 1.807) is 0 Å². The molecule has 0 N–H and O–H groups in total. The summed E-state index contributed by atoms with van der Waals surface area (Å²) in [5, 5.41) is 0. The second-order valence-electron chi connectivity index (χ2n) is 3.61. The molecule has 14 heavy (non-hydrogen) atoms. The Bertz CT molecular complexity index is 285. The van der Waals surface area contributed by atoms with Gasteiger partial charge in [-0.25, -0.2) is 0 Å². The molecule has 0 radical (unpaired) electrons. The van der Waals surface area contributed by atoms with Crippen LogP contribution in [0.25, 0.3) is 0 Å². The van der Waals surface area contributed by atoms with Crippen LogP contribution in [0.5, 0.6) is 0 Å². The Morgan fingerprint density at radius 2 is 1.79 bits per heavy atom. The largest absolute Gasteiger partial charge is 0.0885 e. The van der Waals surface area contributed by atoms with Crippen molar-refractivity contribution in [2.75, 3.05) is 0 Å². The minimum atomic E-state index is 0.925. The van der Waals surface area contributed by atoms with Crippen LogP contribution in [-0.4, -0.2) is 0 Å². The third-order valence-corrected chi connectivity index (χ3v) is 2.52. The van der Waals surface area contributed by atoms with Crippen molar-refractivity contribution in [1.82, 2.24) is 0 Å². The molecule has 0 unspecified atom stereocenters. The fourth-order valence-electron chi connectivity index (χ4n) is 1.43. The quantitative estimate of drug-likeness (QED) is 0.725. The van der Waals surface area contributed by atoms with Crippen molar-refractivity contribution in [2.45, 2.75) is 32.6 Å². The summed E-state index contributed by atoms with van der Waals surface area (Å²) in [6.45, 7) is 6.06. The summed E-state index contributed by atoms with van der Waals surface area (Å²) in [6, 6.07) is 8.83. The molecule has 0 aliphatic rings. The van der Waals surface area contributed by atoms with Crippen LogP contribution in [0.3, 0.4) is 0 Å². The highest BCUT2D eigenvalue weighted by atomic mass is 79.9. The Balaban J connectivity index is 2.54. The van der Waals surface area contributed by atoms with Crippen LogP contribution < -0.4 is 0 Å². The number of rotatable bonds is 5. The van der Waals surface area contributed by atoms with Crippen molar-refractivity contribution in [3.8, 4) is 0 Å². The predicted molar refractivity (Wildman–Crippen MR) is 66.8 cm³/mol. The second kappa shape index (κ2) is 6.02. The minimum Gasteiger partial charge on any atom is -0.0885 e. The van der Waals surface area contributed by atoms with Gasteiger partial charge in [0.2, 0.25) is 0 Å². The van der Waals surface area contributed by atoms with Gasteiger partial charge in [-0.05, 0) is 28.5 Å². The van der Waals surface area contributed by atoms with Crippen LogP contribution in [0.2, 0.25) is 0 Å². The standard InChI is InChI=1S/C13H17Br/c1-3-4-5-12-6-8-13(9-7-12)10-11(2)14/h6-9H,2-5,10H2,1H3. The van der Waals surface area contributed by atoms with Crippen molar-refractivity contribution in [2.24, 2.45) is 0 Å². The molecule has 0 heterocycles. The van der Waals surface area contributed by atoms with Gasteiger partial charge in [-0.3, -0.25) is 0 Å². The summed E-state index contributed by atoms with van der Waals surface area (Å²) in [4.78, 5) is 0. The zero-order chi connectivity index (χ0) is 10.4. The van der Waals surface area contributed by atoms with E-state index in [9.17, 15) is 0 Å². The van der Waals surface area contributed by atoms with Crippen LogP contribution in [-0.2, 0) is 12.8 Å². The zero-order valence-corrected chi connectivity index (χ0v) is 10.3. The highest BCUT2D eigenvalue weighted by molar-refractivity contribution is 9.11. The molecule has 0 fully saturated rings. The van der Waals surface area contributed by atoms with E-state index < -0.39 is 0 Å². The summed E-state index contributed by atoms with van der Waals surface area (Å²) in [6.07, 6.45) is 4.67. The van der Waals surface area contributed by atoms with Gasteiger partial charge in [0.05, 0.1) is 0 Å². The Morgan fingerprint density at radius 3 is 2.29 bits per heavy atom. The summed E-state index contributed by atoms with van der Waals surface area (Å²) in [7, 11) is 0. The van der Waals surface area contributed by atoms with Gasteiger partial charge in [0, 0.05) is 6.42 Å². The van der Waals surface area contributed by atoms with E-state index in [0.717, 1.165) is 10.9 Å². The van der Waals surface area contributed by atoms with Crippen LogP contribution in [0, 0.1) is 0 Å². The van der Waals surface area contributed by atoms with Crippen molar-refractivity contribution in [3.63, 3.8) is 0 Å². The molecule has 0 saturated carbocycles. The lowest BCUT2D eigenvalue weighted by Gasteiger charge is -2.02. The highest BCUT2D eigenvalue weighted by Crippen LogP contribution is 2.13. The minimum absolute atomic E-state index is 0.925. The van der Waals surface area contributed by atoms with Crippen molar-refractivity contribution >= 4 is 15.9 Å². The smallest absolute Gasteiger partial charge is 0.00347 e. The van der Waals surface area contributed by atoms with Gasteiger partial charge in [-0.15, -0.1) is 0 Å². The molecule has 0 nitrogen and oxygen atoms in total. The SMILES string of the molecule is C=C(Br)Cc1ccc(CCCC)cc1. The van der Waals surface area contributed by atoms with E-state index in [0.29, 0.717) is 0 Å². The summed E-state index contributed by atoms with van der Waals surface area (Å²) in [5.41, 5.74) is 2.77. The number of benzene rings is 1. The van der Waals surface area contributed by atoms with Gasteiger partial charge in [0.15, 0.2) is 0 Å². The first kappa shape index (κ1) is 11.5. The van der Waals surface area contributed by atoms with Crippen LogP contribution in [0.1, 0.15) is 30.9 Å². The van der Waals surface area contributed by atoms with Gasteiger partial charge in [-0.1, -0.05) is 60.1 Å². The maximum atomic E-state index is 3.84. The monoisotopic (exact) mass is 252 g/mol.